The molecule has 0 saturated heterocycles. The zero-order chi connectivity index (χ0) is 11.3. The summed E-state index contributed by atoms with van der Waals surface area (Å²) >= 11 is 0. The molecule has 1 aromatic rings. The third kappa shape index (κ3) is 1.65. The van der Waals surface area contributed by atoms with Crippen molar-refractivity contribution in [1.29, 1.82) is 0 Å². The van der Waals surface area contributed by atoms with E-state index in [9.17, 15) is 20.7 Å². The number of rotatable bonds is 1. The van der Waals surface area contributed by atoms with Crippen LogP contribution in [0.25, 0.3) is 0 Å². The molecule has 2 rings (SSSR count). The molecule has 1 aromatic carbocycles. The van der Waals surface area contributed by atoms with Crippen LogP contribution < -0.4 is 0 Å². The fourth-order valence-corrected chi connectivity index (χ4v) is 5.03. The average molecular weight is 250 g/mol. The van der Waals surface area contributed by atoms with E-state index in [1.54, 1.807) is 0 Å². The van der Waals surface area contributed by atoms with E-state index in [0.29, 0.717) is 0 Å². The molecule has 7 heteroatoms. The zero-order valence-corrected chi connectivity index (χ0v) is 9.05. The van der Waals surface area contributed by atoms with E-state index in [-0.39, 0.29) is 10.5 Å². The van der Waals surface area contributed by atoms with Crippen molar-refractivity contribution in [2.45, 2.75) is 10.1 Å². The number of hydrogen-bond donors (Lipinski definition) is 0. The van der Waals surface area contributed by atoms with Gasteiger partial charge in [-0.05, 0) is 11.6 Å². The largest absolute Gasteiger partial charge is 0.310 e. The fourth-order valence-electron chi connectivity index (χ4n) is 1.64. The first-order valence-electron chi connectivity index (χ1n) is 4.07. The van der Waals surface area contributed by atoms with Crippen molar-refractivity contribution in [2.75, 3.05) is 5.75 Å². The highest BCUT2D eigenvalue weighted by molar-refractivity contribution is 7.94. The molecule has 0 radical (unpaired) electrons. The molecule has 0 bridgehead atoms. The van der Waals surface area contributed by atoms with Crippen molar-refractivity contribution in [3.63, 3.8) is 0 Å². The molecule has 0 N–H and O–H groups in total. The second-order valence-electron chi connectivity index (χ2n) is 3.28. The number of halogens is 1. The molecule has 0 aliphatic carbocycles. The molecule has 1 aliphatic heterocycles. The summed E-state index contributed by atoms with van der Waals surface area (Å²) in [5.41, 5.74) is 0.0278. The molecule has 0 saturated carbocycles. The van der Waals surface area contributed by atoms with E-state index >= 15 is 0 Å². The Morgan fingerprint density at radius 3 is 2.47 bits per heavy atom. The van der Waals surface area contributed by atoms with Gasteiger partial charge in [0.2, 0.25) is 0 Å². The van der Waals surface area contributed by atoms with E-state index in [1.807, 2.05) is 0 Å². The van der Waals surface area contributed by atoms with Gasteiger partial charge >= 0.3 is 10.2 Å². The second kappa shape index (κ2) is 3.02. The van der Waals surface area contributed by atoms with Gasteiger partial charge in [-0.3, -0.25) is 0 Å². The van der Waals surface area contributed by atoms with Gasteiger partial charge in [-0.1, -0.05) is 18.2 Å². The van der Waals surface area contributed by atoms with Gasteiger partial charge in [-0.15, -0.1) is 3.89 Å². The highest BCUT2D eigenvalue weighted by atomic mass is 32.3. The standard InChI is InChI=1S/C8H7FO4S2/c9-15(12,13)8-5-14(10,11)7-4-2-1-3-6(7)8/h1-4,8H,5H2. The molecular weight excluding hydrogens is 243 g/mol. The molecule has 82 valence electrons. The van der Waals surface area contributed by atoms with Gasteiger partial charge in [0, 0.05) is 0 Å². The maximum absolute atomic E-state index is 12.8. The van der Waals surface area contributed by atoms with E-state index in [4.69, 9.17) is 0 Å². The van der Waals surface area contributed by atoms with Crippen LogP contribution in [0.5, 0.6) is 0 Å². The minimum atomic E-state index is -4.87. The Bertz CT molecular complexity index is 603. The Balaban J connectivity index is 2.73. The van der Waals surface area contributed by atoms with Crippen molar-refractivity contribution < 1.29 is 20.7 Å². The molecule has 0 fully saturated rings. The molecule has 15 heavy (non-hydrogen) atoms. The second-order valence-corrected chi connectivity index (χ2v) is 6.81. The monoisotopic (exact) mass is 250 g/mol. The summed E-state index contributed by atoms with van der Waals surface area (Å²) in [7, 11) is -8.52. The van der Waals surface area contributed by atoms with Gasteiger partial charge in [-0.2, -0.15) is 8.42 Å². The molecule has 4 nitrogen and oxygen atoms in total. The first kappa shape index (κ1) is 10.6. The van der Waals surface area contributed by atoms with Gasteiger partial charge in [-0.25, -0.2) is 8.42 Å². The normalized spacial score (nSPS) is 23.7. The summed E-state index contributed by atoms with van der Waals surface area (Å²) in [6.07, 6.45) is 0. The lowest BCUT2D eigenvalue weighted by atomic mass is 10.2. The zero-order valence-electron chi connectivity index (χ0n) is 7.42. The first-order valence-corrected chi connectivity index (χ1v) is 7.17. The van der Waals surface area contributed by atoms with Crippen LogP contribution in [0, 0.1) is 0 Å². The van der Waals surface area contributed by atoms with Gasteiger partial charge in [0.05, 0.1) is 10.6 Å². The highest BCUT2D eigenvalue weighted by Gasteiger charge is 2.42. The predicted octanol–water partition coefficient (Wildman–Crippen LogP) is 0.814. The summed E-state index contributed by atoms with van der Waals surface area (Å²) in [5, 5.41) is -1.57. The van der Waals surface area contributed by atoms with Crippen LogP contribution in [-0.2, 0) is 20.1 Å². The van der Waals surface area contributed by atoms with Crippen molar-refractivity contribution in [3.05, 3.63) is 29.8 Å². The van der Waals surface area contributed by atoms with E-state index in [2.05, 4.69) is 0 Å². The summed E-state index contributed by atoms with van der Waals surface area (Å²) in [6, 6.07) is 5.57. The third-order valence-corrected chi connectivity index (χ3v) is 5.44. The van der Waals surface area contributed by atoms with Crippen LogP contribution in [0.3, 0.4) is 0 Å². The van der Waals surface area contributed by atoms with Crippen LogP contribution in [0.2, 0.25) is 0 Å². The van der Waals surface area contributed by atoms with E-state index in [1.165, 1.54) is 24.3 Å². The summed E-state index contributed by atoms with van der Waals surface area (Å²) in [4.78, 5) is -0.0868. The minimum absolute atomic E-state index is 0.0278. The lowest BCUT2D eigenvalue weighted by Gasteiger charge is -2.02. The minimum Gasteiger partial charge on any atom is -0.224 e. The van der Waals surface area contributed by atoms with Crippen LogP contribution in [-0.4, -0.2) is 22.6 Å². The Kier molecular flexibility index (Phi) is 2.13. The molecule has 0 spiro atoms. The van der Waals surface area contributed by atoms with Crippen LogP contribution >= 0.6 is 0 Å². The van der Waals surface area contributed by atoms with Gasteiger partial charge < -0.3 is 0 Å². The van der Waals surface area contributed by atoms with Crippen LogP contribution in [0.1, 0.15) is 10.8 Å². The molecule has 0 amide bonds. The van der Waals surface area contributed by atoms with Gasteiger partial charge in [0.25, 0.3) is 0 Å². The van der Waals surface area contributed by atoms with Crippen molar-refractivity contribution in [2.24, 2.45) is 0 Å². The Hall–Kier alpha value is -0.950. The third-order valence-electron chi connectivity index (χ3n) is 2.31. The van der Waals surface area contributed by atoms with Gasteiger partial charge in [0.1, 0.15) is 5.25 Å². The lowest BCUT2D eigenvalue weighted by molar-refractivity contribution is 0.540. The fraction of sp³-hybridized carbons (Fsp3) is 0.250. The SMILES string of the molecule is O=S1(=O)CC(S(=O)(=O)F)c2ccccc21. The topological polar surface area (TPSA) is 68.3 Å². The van der Waals surface area contributed by atoms with Gasteiger partial charge in [0.15, 0.2) is 9.84 Å². The Morgan fingerprint density at radius 1 is 1.27 bits per heavy atom. The number of benzene rings is 1. The maximum Gasteiger partial charge on any atom is 0.310 e. The van der Waals surface area contributed by atoms with Crippen LogP contribution in [0.4, 0.5) is 3.89 Å². The number of fused-ring (bicyclic) bond motifs is 1. The Labute approximate surface area is 86.9 Å². The number of hydrogen-bond acceptors (Lipinski definition) is 4. The summed E-state index contributed by atoms with van der Waals surface area (Å²) in [6.45, 7) is 0. The van der Waals surface area contributed by atoms with E-state index < -0.39 is 31.1 Å². The Morgan fingerprint density at radius 2 is 1.87 bits per heavy atom. The summed E-state index contributed by atoms with van der Waals surface area (Å²) < 4.78 is 57.3. The molecule has 0 aromatic heterocycles. The molecule has 1 atom stereocenters. The van der Waals surface area contributed by atoms with Crippen molar-refractivity contribution in [1.82, 2.24) is 0 Å². The van der Waals surface area contributed by atoms with Crippen molar-refractivity contribution in [3.8, 4) is 0 Å². The van der Waals surface area contributed by atoms with Crippen LogP contribution in [0.15, 0.2) is 29.2 Å². The summed E-state index contributed by atoms with van der Waals surface area (Å²) in [5.74, 6) is -0.703. The first-order chi connectivity index (χ1) is 6.82. The molecular formula is C8H7FO4S2. The smallest absolute Gasteiger partial charge is 0.224 e. The molecule has 1 heterocycles. The maximum atomic E-state index is 12.8. The lowest BCUT2D eigenvalue weighted by Crippen LogP contribution is -2.10. The number of sulfone groups is 1. The predicted molar refractivity (Wildman–Crippen MR) is 51.3 cm³/mol. The average Bonchev–Trinajstić information content (AvgIpc) is 2.39. The highest BCUT2D eigenvalue weighted by Crippen LogP contribution is 2.38. The van der Waals surface area contributed by atoms with E-state index in [0.717, 1.165) is 0 Å². The molecule has 1 aliphatic rings. The van der Waals surface area contributed by atoms with Crippen molar-refractivity contribution >= 4 is 20.1 Å². The quantitative estimate of drug-likeness (QED) is 0.692. The molecule has 1 unspecified atom stereocenters.